The molecule has 108 valence electrons. The van der Waals surface area contributed by atoms with Crippen LogP contribution < -0.4 is 0 Å². The Morgan fingerprint density at radius 1 is 1.43 bits per heavy atom. The van der Waals surface area contributed by atoms with Crippen molar-refractivity contribution in [1.82, 2.24) is 9.47 Å². The smallest absolute Gasteiger partial charge is 0.317 e. The highest BCUT2D eigenvalue weighted by Crippen LogP contribution is 2.21. The molecule has 8 nitrogen and oxygen atoms in total. The lowest BCUT2D eigenvalue weighted by atomic mass is 10.1. The Morgan fingerprint density at radius 2 is 2.24 bits per heavy atom. The van der Waals surface area contributed by atoms with Crippen LogP contribution in [-0.2, 0) is 6.54 Å². The van der Waals surface area contributed by atoms with Crippen LogP contribution in [0.2, 0.25) is 0 Å². The van der Waals surface area contributed by atoms with Gasteiger partial charge in [-0.05, 0) is 30.8 Å². The zero-order chi connectivity index (χ0) is 15.2. The van der Waals surface area contributed by atoms with E-state index in [9.17, 15) is 9.70 Å². The Morgan fingerprint density at radius 3 is 2.95 bits per heavy atom. The molecule has 0 atom stereocenters. The van der Waals surface area contributed by atoms with Gasteiger partial charge < -0.3 is 4.57 Å². The quantitative estimate of drug-likeness (QED) is 0.353. The number of hydrogen-bond acceptors (Lipinski definition) is 4. The van der Waals surface area contributed by atoms with Crippen molar-refractivity contribution in [2.45, 2.75) is 6.54 Å². The van der Waals surface area contributed by atoms with Crippen LogP contribution >= 0.6 is 0 Å². The summed E-state index contributed by atoms with van der Waals surface area (Å²) in [7, 11) is 1.85. The number of azide groups is 1. The first-order valence-electron chi connectivity index (χ1n) is 6.32. The van der Waals surface area contributed by atoms with E-state index in [1.807, 2.05) is 28.8 Å². The number of carbonyl (C=O) groups is 1. The molecule has 0 radical (unpaired) electrons. The van der Waals surface area contributed by atoms with E-state index >= 15 is 0 Å². The van der Waals surface area contributed by atoms with E-state index in [0.29, 0.717) is 30.7 Å². The lowest BCUT2D eigenvalue weighted by molar-refractivity contribution is 0.100. The number of amides is 1. The average molecular weight is 286 g/mol. The van der Waals surface area contributed by atoms with Gasteiger partial charge in [-0.15, -0.1) is 4.91 Å². The van der Waals surface area contributed by atoms with E-state index in [1.165, 1.54) is 0 Å². The summed E-state index contributed by atoms with van der Waals surface area (Å²) < 4.78 is 1.98. The minimum absolute atomic E-state index is 0.300. The molecule has 1 aromatic carbocycles. The van der Waals surface area contributed by atoms with Gasteiger partial charge in [0.05, 0.1) is 12.2 Å². The summed E-state index contributed by atoms with van der Waals surface area (Å²) in [4.78, 5) is 26.5. The number of fused-ring (bicyclic) bond motifs is 1. The molecule has 2 rings (SSSR count). The maximum absolute atomic E-state index is 11.5. The van der Waals surface area contributed by atoms with Crippen molar-refractivity contribution in [3.05, 3.63) is 51.4 Å². The Bertz CT molecular complexity index is 717. The Balaban J connectivity index is 2.20. The molecule has 2 aromatic rings. The van der Waals surface area contributed by atoms with Gasteiger partial charge in [-0.3, -0.25) is 9.69 Å². The largest absolute Gasteiger partial charge is 0.346 e. The zero-order valence-electron chi connectivity index (χ0n) is 11.5. The van der Waals surface area contributed by atoms with Crippen LogP contribution in [0.1, 0.15) is 10.4 Å². The first-order chi connectivity index (χ1) is 10.2. The van der Waals surface area contributed by atoms with E-state index in [1.54, 1.807) is 18.2 Å². The molecule has 0 aliphatic carbocycles. The fourth-order valence-corrected chi connectivity index (χ4v) is 2.14. The molecule has 0 unspecified atom stereocenters. The second-order valence-corrected chi connectivity index (χ2v) is 4.60. The van der Waals surface area contributed by atoms with Crippen molar-refractivity contribution in [2.75, 3.05) is 20.3 Å². The lowest BCUT2D eigenvalue weighted by Gasteiger charge is -2.14. The number of hydrogen-bond donors (Lipinski definition) is 0. The highest BCUT2D eigenvalue weighted by Gasteiger charge is 2.12. The molecule has 0 saturated heterocycles. The standard InChI is InChI=1S/C13H14N6O2/c1-18(9-15-17-14)7-8-19-6-5-10-11(13(20)16-21)3-2-4-12(10)19/h2-6H,7-9H2,1H3. The summed E-state index contributed by atoms with van der Waals surface area (Å²) in [5, 5.41) is 6.67. The number of aromatic nitrogens is 1. The Hall–Kier alpha value is -2.70. The third-order valence-corrected chi connectivity index (χ3v) is 3.22. The van der Waals surface area contributed by atoms with Gasteiger partial charge in [0, 0.05) is 40.3 Å². The summed E-state index contributed by atoms with van der Waals surface area (Å²) in [6, 6.07) is 6.98. The van der Waals surface area contributed by atoms with Crippen molar-refractivity contribution in [2.24, 2.45) is 10.3 Å². The van der Waals surface area contributed by atoms with E-state index in [4.69, 9.17) is 5.53 Å². The number of rotatable bonds is 6. The van der Waals surface area contributed by atoms with Crippen LogP contribution in [0.5, 0.6) is 0 Å². The van der Waals surface area contributed by atoms with Crippen LogP contribution in [0.4, 0.5) is 0 Å². The van der Waals surface area contributed by atoms with Gasteiger partial charge >= 0.3 is 5.91 Å². The molecule has 0 fully saturated rings. The van der Waals surface area contributed by atoms with E-state index in [2.05, 4.69) is 15.2 Å². The maximum Gasteiger partial charge on any atom is 0.317 e. The van der Waals surface area contributed by atoms with Gasteiger partial charge in [-0.2, -0.15) is 0 Å². The van der Waals surface area contributed by atoms with Crippen LogP contribution in [-0.4, -0.2) is 35.6 Å². The van der Waals surface area contributed by atoms with Crippen LogP contribution in [0.25, 0.3) is 21.3 Å². The Labute approximate surface area is 120 Å². The first kappa shape index (κ1) is 14.7. The average Bonchev–Trinajstić information content (AvgIpc) is 2.93. The fourth-order valence-electron chi connectivity index (χ4n) is 2.14. The van der Waals surface area contributed by atoms with Crippen molar-refractivity contribution >= 4 is 16.8 Å². The SMILES string of the molecule is CN(CCn1ccc2c(C(=O)N=O)cccc21)CN=[N+]=[N-]. The van der Waals surface area contributed by atoms with Gasteiger partial charge in [-0.25, -0.2) is 0 Å². The van der Waals surface area contributed by atoms with Gasteiger partial charge in [-0.1, -0.05) is 11.2 Å². The molecule has 21 heavy (non-hydrogen) atoms. The van der Waals surface area contributed by atoms with E-state index in [-0.39, 0.29) is 0 Å². The lowest BCUT2D eigenvalue weighted by Crippen LogP contribution is -2.22. The summed E-state index contributed by atoms with van der Waals surface area (Å²) in [6.45, 7) is 1.66. The molecule has 1 amide bonds. The van der Waals surface area contributed by atoms with E-state index in [0.717, 1.165) is 5.52 Å². The summed E-state index contributed by atoms with van der Waals surface area (Å²) in [5.74, 6) is -0.765. The van der Waals surface area contributed by atoms with Crippen molar-refractivity contribution < 1.29 is 4.79 Å². The number of nitrogens with zero attached hydrogens (tertiary/aromatic N) is 6. The minimum atomic E-state index is -0.765. The normalized spacial score (nSPS) is 10.6. The summed E-state index contributed by atoms with van der Waals surface area (Å²) in [6.07, 6.45) is 1.85. The maximum atomic E-state index is 11.5. The van der Waals surface area contributed by atoms with Crippen molar-refractivity contribution in [1.29, 1.82) is 0 Å². The van der Waals surface area contributed by atoms with Crippen molar-refractivity contribution in [3.63, 3.8) is 0 Å². The summed E-state index contributed by atoms with van der Waals surface area (Å²) in [5.41, 5.74) is 9.45. The molecule has 1 heterocycles. The molecule has 0 aliphatic rings. The molecule has 0 aliphatic heterocycles. The fraction of sp³-hybridized carbons (Fsp3) is 0.308. The van der Waals surface area contributed by atoms with Crippen LogP contribution in [0.3, 0.4) is 0 Å². The minimum Gasteiger partial charge on any atom is -0.346 e. The first-order valence-corrected chi connectivity index (χ1v) is 6.32. The third kappa shape index (κ3) is 3.25. The second-order valence-electron chi connectivity index (χ2n) is 4.60. The Kier molecular flexibility index (Phi) is 4.65. The van der Waals surface area contributed by atoms with Crippen LogP contribution in [0.15, 0.2) is 40.8 Å². The number of benzene rings is 1. The third-order valence-electron chi connectivity index (χ3n) is 3.22. The molecule has 0 bridgehead atoms. The summed E-state index contributed by atoms with van der Waals surface area (Å²) >= 11 is 0. The molecule has 1 aromatic heterocycles. The zero-order valence-corrected chi connectivity index (χ0v) is 11.5. The molecule has 0 N–H and O–H groups in total. The predicted octanol–water partition coefficient (Wildman–Crippen LogP) is 2.75. The van der Waals surface area contributed by atoms with Gasteiger partial charge in [0.2, 0.25) is 0 Å². The highest BCUT2D eigenvalue weighted by molar-refractivity contribution is 6.06. The molecule has 0 saturated carbocycles. The predicted molar refractivity (Wildman–Crippen MR) is 78.7 cm³/mol. The molecule has 0 spiro atoms. The highest BCUT2D eigenvalue weighted by atomic mass is 16.3. The van der Waals surface area contributed by atoms with Gasteiger partial charge in [0.15, 0.2) is 0 Å². The molecular weight excluding hydrogens is 272 g/mol. The number of likely N-dealkylation sites (N-methyl/N-ethyl adjacent to an activating group) is 1. The number of nitroso groups, excluding NO2 is 1. The molecular formula is C13H14N6O2. The number of carbonyl (C=O) groups excluding carboxylic acids is 1. The molecule has 8 heteroatoms. The van der Waals surface area contributed by atoms with Gasteiger partial charge in [0.25, 0.3) is 0 Å². The topological polar surface area (TPSA) is 103 Å². The second kappa shape index (κ2) is 6.65. The monoisotopic (exact) mass is 286 g/mol. The van der Waals surface area contributed by atoms with Crippen LogP contribution in [0, 0.1) is 4.91 Å². The van der Waals surface area contributed by atoms with Crippen molar-refractivity contribution in [3.8, 4) is 0 Å². The van der Waals surface area contributed by atoms with Gasteiger partial charge in [0.1, 0.15) is 0 Å². The van der Waals surface area contributed by atoms with E-state index < -0.39 is 5.91 Å².